The van der Waals surface area contributed by atoms with E-state index < -0.39 is 17.6 Å². The highest BCUT2D eigenvalue weighted by Gasteiger charge is 2.69. The van der Waals surface area contributed by atoms with E-state index in [9.17, 15) is 14.4 Å². The molecule has 41 heavy (non-hydrogen) atoms. The van der Waals surface area contributed by atoms with Crippen molar-refractivity contribution in [3.05, 3.63) is 0 Å². The van der Waals surface area contributed by atoms with E-state index in [4.69, 9.17) is 14.2 Å². The predicted octanol–water partition coefficient (Wildman–Crippen LogP) is 5.83. The minimum Gasteiger partial charge on any atom is -0.469 e. The number of carbonyl (C=O) groups is 3. The topological polar surface area (TPSA) is 90.9 Å². The number of ether oxygens (including phenoxy) is 3. The zero-order chi connectivity index (χ0) is 29.4. The lowest BCUT2D eigenvalue weighted by atomic mass is 9.43. The molecule has 4 aliphatic carbocycles. The van der Waals surface area contributed by atoms with E-state index in [0.717, 1.165) is 38.5 Å². The van der Waals surface area contributed by atoms with E-state index in [-0.39, 0.29) is 40.3 Å². The first-order valence-corrected chi connectivity index (χ1v) is 16.6. The van der Waals surface area contributed by atoms with Gasteiger partial charge in [0, 0.05) is 18.4 Å². The SMILES string of the molecule is COC(=O)C(CC(C)C)[C@@H]1NC[C@]2(CC[C@@]3(C)[C@H](CC[C@@H]4[C@@H]3CC[C@@]3(C)[C@H]4CC[C@@]34OC(=O)CC[C@H]4C)C2)OC1=O. The van der Waals surface area contributed by atoms with Crippen molar-refractivity contribution in [3.63, 3.8) is 0 Å². The Balaban J connectivity index is 1.16. The number of hydrogen-bond acceptors (Lipinski definition) is 7. The molecule has 2 saturated heterocycles. The van der Waals surface area contributed by atoms with Gasteiger partial charge in [0.25, 0.3) is 0 Å². The molecule has 2 aliphatic heterocycles. The fourth-order valence-electron chi connectivity index (χ4n) is 11.5. The van der Waals surface area contributed by atoms with E-state index in [2.05, 4.69) is 39.9 Å². The maximum absolute atomic E-state index is 13.4. The molecule has 0 aromatic carbocycles. The third-order valence-corrected chi connectivity index (χ3v) is 13.7. The molecule has 7 nitrogen and oxygen atoms in total. The van der Waals surface area contributed by atoms with Crippen molar-refractivity contribution in [2.24, 2.45) is 52.3 Å². The van der Waals surface area contributed by atoms with Crippen LogP contribution in [0.25, 0.3) is 0 Å². The molecule has 0 bridgehead atoms. The standard InChI is InChI=1S/C34H53NO6/c1-20(2)17-24(29(37)39-6)28-30(38)41-33(19-35-28)16-15-31(4)22(18-33)8-9-23-25(31)11-13-32(5)26(23)12-14-34(32)21(3)7-10-27(36)40-34/h20-26,28,35H,7-19H2,1-6H3/t21-,22-,23-,24?,25+,26+,28+,31+,32+,33-,34+/m1/s1. The number of carbonyl (C=O) groups excluding carboxylic acids is 3. The van der Waals surface area contributed by atoms with E-state index in [1.165, 1.54) is 32.8 Å². The zero-order valence-corrected chi connectivity index (χ0v) is 26.3. The molecular weight excluding hydrogens is 518 g/mol. The summed E-state index contributed by atoms with van der Waals surface area (Å²) >= 11 is 0. The van der Waals surface area contributed by atoms with Gasteiger partial charge in [-0.25, -0.2) is 0 Å². The molecule has 2 heterocycles. The highest BCUT2D eigenvalue weighted by Crippen LogP contribution is 2.71. The normalized spacial score (nSPS) is 48.2. The summed E-state index contributed by atoms with van der Waals surface area (Å²) in [6.45, 7) is 12.1. The number of fused-ring (bicyclic) bond motifs is 6. The summed E-state index contributed by atoms with van der Waals surface area (Å²) in [5.74, 6) is 2.09. The molecular formula is C34H53NO6. The highest BCUT2D eigenvalue weighted by molar-refractivity contribution is 5.85. The van der Waals surface area contributed by atoms with Crippen molar-refractivity contribution >= 4 is 17.9 Å². The van der Waals surface area contributed by atoms with Crippen molar-refractivity contribution < 1.29 is 28.6 Å². The molecule has 6 fully saturated rings. The lowest BCUT2D eigenvalue weighted by Crippen LogP contribution is -2.65. The van der Waals surface area contributed by atoms with Gasteiger partial charge >= 0.3 is 17.9 Å². The summed E-state index contributed by atoms with van der Waals surface area (Å²) < 4.78 is 17.8. The summed E-state index contributed by atoms with van der Waals surface area (Å²) in [7, 11) is 1.39. The Morgan fingerprint density at radius 2 is 1.76 bits per heavy atom. The van der Waals surface area contributed by atoms with E-state index >= 15 is 0 Å². The highest BCUT2D eigenvalue weighted by atomic mass is 16.6. The van der Waals surface area contributed by atoms with E-state index in [1.54, 1.807) is 0 Å². The van der Waals surface area contributed by atoms with Crippen LogP contribution in [0.4, 0.5) is 0 Å². The third kappa shape index (κ3) is 4.40. The summed E-state index contributed by atoms with van der Waals surface area (Å²) in [5.41, 5.74) is -0.430. The first-order chi connectivity index (χ1) is 19.4. The minimum atomic E-state index is -0.637. The van der Waals surface area contributed by atoms with Crippen LogP contribution in [0, 0.1) is 52.3 Å². The maximum atomic E-state index is 13.4. The van der Waals surface area contributed by atoms with Crippen molar-refractivity contribution in [2.45, 2.75) is 129 Å². The number of morpholine rings is 1. The lowest BCUT2D eigenvalue weighted by molar-refractivity contribution is -0.218. The number of methoxy groups -OCH3 is 1. The Labute approximate surface area is 246 Å². The number of nitrogens with one attached hydrogen (secondary N) is 1. The maximum Gasteiger partial charge on any atom is 0.324 e. The zero-order valence-electron chi connectivity index (χ0n) is 26.3. The third-order valence-electron chi connectivity index (χ3n) is 13.7. The Bertz CT molecular complexity index is 1080. The first-order valence-electron chi connectivity index (χ1n) is 16.6. The van der Waals surface area contributed by atoms with Gasteiger partial charge in [-0.05, 0) is 112 Å². The summed E-state index contributed by atoms with van der Waals surface area (Å²) in [5, 5.41) is 3.47. The Kier molecular flexibility index (Phi) is 7.35. The van der Waals surface area contributed by atoms with Crippen LogP contribution in [-0.4, -0.2) is 48.8 Å². The van der Waals surface area contributed by atoms with Gasteiger partial charge in [0.15, 0.2) is 0 Å². The second-order valence-electron chi connectivity index (χ2n) is 15.9. The molecule has 0 radical (unpaired) electrons. The van der Waals surface area contributed by atoms with Crippen LogP contribution in [0.3, 0.4) is 0 Å². The molecule has 0 aromatic heterocycles. The second-order valence-corrected chi connectivity index (χ2v) is 15.9. The van der Waals surface area contributed by atoms with Crippen LogP contribution < -0.4 is 5.32 Å². The Morgan fingerprint density at radius 1 is 1.00 bits per heavy atom. The number of rotatable bonds is 4. The molecule has 1 unspecified atom stereocenters. The minimum absolute atomic E-state index is 0.0142. The van der Waals surface area contributed by atoms with Gasteiger partial charge in [0.2, 0.25) is 0 Å². The Morgan fingerprint density at radius 3 is 2.46 bits per heavy atom. The Hall–Kier alpha value is -1.63. The average Bonchev–Trinajstić information content (AvgIpc) is 3.22. The second kappa shape index (κ2) is 10.2. The van der Waals surface area contributed by atoms with Crippen LogP contribution in [0.2, 0.25) is 0 Å². The van der Waals surface area contributed by atoms with Crippen LogP contribution in [-0.2, 0) is 28.6 Å². The van der Waals surface area contributed by atoms with E-state index in [1.807, 2.05) is 0 Å². The van der Waals surface area contributed by atoms with Gasteiger partial charge in [0.1, 0.15) is 17.2 Å². The number of hydrogen-bond donors (Lipinski definition) is 1. The van der Waals surface area contributed by atoms with Gasteiger partial charge in [-0.1, -0.05) is 34.6 Å². The summed E-state index contributed by atoms with van der Waals surface area (Å²) in [6.07, 6.45) is 11.9. The quantitative estimate of drug-likeness (QED) is 0.335. The molecule has 0 amide bonds. The molecule has 2 spiro atoms. The van der Waals surface area contributed by atoms with Gasteiger partial charge in [-0.3, -0.25) is 19.7 Å². The van der Waals surface area contributed by atoms with E-state index in [0.29, 0.717) is 49.0 Å². The van der Waals surface area contributed by atoms with Gasteiger partial charge in [-0.15, -0.1) is 0 Å². The molecule has 7 heteroatoms. The van der Waals surface area contributed by atoms with Gasteiger partial charge < -0.3 is 14.2 Å². The van der Waals surface area contributed by atoms with Crippen LogP contribution in [0.15, 0.2) is 0 Å². The molecule has 230 valence electrons. The molecule has 0 aromatic rings. The van der Waals surface area contributed by atoms with Gasteiger partial charge in [0.05, 0.1) is 13.0 Å². The molecule has 6 aliphatic rings. The molecule has 6 rings (SSSR count). The smallest absolute Gasteiger partial charge is 0.324 e. The van der Waals surface area contributed by atoms with Crippen LogP contribution in [0.1, 0.15) is 112 Å². The first kappa shape index (κ1) is 29.4. The largest absolute Gasteiger partial charge is 0.469 e. The molecule has 11 atom stereocenters. The summed E-state index contributed by atoms with van der Waals surface area (Å²) in [4.78, 5) is 38.5. The monoisotopic (exact) mass is 571 g/mol. The van der Waals surface area contributed by atoms with Gasteiger partial charge in [-0.2, -0.15) is 0 Å². The predicted molar refractivity (Wildman–Crippen MR) is 155 cm³/mol. The van der Waals surface area contributed by atoms with Crippen molar-refractivity contribution in [3.8, 4) is 0 Å². The summed E-state index contributed by atoms with van der Waals surface area (Å²) in [6, 6.07) is -0.637. The van der Waals surface area contributed by atoms with Crippen molar-refractivity contribution in [1.82, 2.24) is 5.32 Å². The molecule has 4 saturated carbocycles. The fourth-order valence-corrected chi connectivity index (χ4v) is 11.5. The lowest BCUT2D eigenvalue weighted by Gasteiger charge is -2.64. The van der Waals surface area contributed by atoms with Crippen molar-refractivity contribution in [2.75, 3.05) is 13.7 Å². The molecule has 1 N–H and O–H groups in total. The average molecular weight is 572 g/mol. The van der Waals surface area contributed by atoms with Crippen LogP contribution in [0.5, 0.6) is 0 Å². The van der Waals surface area contributed by atoms with Crippen molar-refractivity contribution in [1.29, 1.82) is 0 Å². The fraction of sp³-hybridized carbons (Fsp3) is 0.912. The van der Waals surface area contributed by atoms with Crippen LogP contribution >= 0.6 is 0 Å². The number of esters is 3.